The predicted molar refractivity (Wildman–Crippen MR) is 104 cm³/mol. The molecular weight excluding hydrogens is 340 g/mol. The van der Waals surface area contributed by atoms with Gasteiger partial charge >= 0.3 is 0 Å². The molecule has 1 heterocycles. The van der Waals surface area contributed by atoms with Crippen molar-refractivity contribution in [3.05, 3.63) is 29.8 Å². The van der Waals surface area contributed by atoms with Crippen LogP contribution in [0.2, 0.25) is 0 Å². The summed E-state index contributed by atoms with van der Waals surface area (Å²) in [6.07, 6.45) is 5.83. The van der Waals surface area contributed by atoms with Gasteiger partial charge in [0.15, 0.2) is 0 Å². The van der Waals surface area contributed by atoms with E-state index in [9.17, 15) is 9.59 Å². The molecule has 0 spiro atoms. The van der Waals surface area contributed by atoms with Gasteiger partial charge in [-0.3, -0.25) is 9.59 Å². The van der Waals surface area contributed by atoms with Crippen LogP contribution >= 0.6 is 21.6 Å². The number of nitrogens with one attached hydrogen (secondary N) is 2. The lowest BCUT2D eigenvalue weighted by atomic mass is 10.1. The number of amides is 2. The highest BCUT2D eigenvalue weighted by atomic mass is 33.1. The summed E-state index contributed by atoms with van der Waals surface area (Å²) in [5, 5.41) is 6.34. The Kier molecular flexibility index (Phi) is 8.53. The molecule has 2 rings (SSSR count). The molecule has 1 aliphatic heterocycles. The highest BCUT2D eigenvalue weighted by Gasteiger charge is 2.16. The van der Waals surface area contributed by atoms with Crippen LogP contribution in [0.15, 0.2) is 24.3 Å². The zero-order chi connectivity index (χ0) is 17.2. The Morgan fingerprint density at radius 3 is 2.79 bits per heavy atom. The van der Waals surface area contributed by atoms with Crippen LogP contribution in [0.3, 0.4) is 0 Å². The number of carbonyl (C=O) groups excluding carboxylic acids is 2. The summed E-state index contributed by atoms with van der Waals surface area (Å²) in [7, 11) is 3.94. The van der Waals surface area contributed by atoms with E-state index < -0.39 is 0 Å². The fourth-order valence-corrected chi connectivity index (χ4v) is 5.66. The standard InChI is InChI=1S/C18H26N2O2S2/c1-2-14-7-3-5-9-16(14)20-18(22)13-19-17(21)10-6-4-8-15-11-12-23-24-15/h3,5,7,9,15H,2,4,6,8,10-13H2,1H3,(H,19,21)(H,20,22). The predicted octanol–water partition coefficient (Wildman–Crippen LogP) is 4.02. The summed E-state index contributed by atoms with van der Waals surface area (Å²) in [5.41, 5.74) is 1.92. The van der Waals surface area contributed by atoms with E-state index in [1.165, 1.54) is 18.6 Å². The van der Waals surface area contributed by atoms with Gasteiger partial charge in [0, 0.05) is 23.1 Å². The van der Waals surface area contributed by atoms with Crippen LogP contribution in [-0.2, 0) is 16.0 Å². The SMILES string of the molecule is CCc1ccccc1NC(=O)CNC(=O)CCCCC1CCSS1. The Bertz CT molecular complexity index is 546. The molecule has 2 amide bonds. The van der Waals surface area contributed by atoms with Crippen molar-refractivity contribution in [2.75, 3.05) is 17.6 Å². The molecule has 132 valence electrons. The van der Waals surface area contributed by atoms with E-state index in [4.69, 9.17) is 0 Å². The maximum absolute atomic E-state index is 12.0. The van der Waals surface area contributed by atoms with Crippen LogP contribution in [0.5, 0.6) is 0 Å². The molecule has 0 bridgehead atoms. The van der Waals surface area contributed by atoms with Gasteiger partial charge in [-0.1, -0.05) is 53.1 Å². The van der Waals surface area contributed by atoms with Crippen molar-refractivity contribution in [2.45, 2.75) is 50.7 Å². The van der Waals surface area contributed by atoms with Crippen LogP contribution in [0.1, 0.15) is 44.6 Å². The van der Waals surface area contributed by atoms with Gasteiger partial charge < -0.3 is 10.6 Å². The second-order valence-electron chi connectivity index (χ2n) is 5.91. The normalized spacial score (nSPS) is 16.8. The van der Waals surface area contributed by atoms with E-state index in [-0.39, 0.29) is 18.4 Å². The van der Waals surface area contributed by atoms with Gasteiger partial charge in [0.2, 0.25) is 11.8 Å². The number of para-hydroxylation sites is 1. The Balaban J connectivity index is 1.59. The van der Waals surface area contributed by atoms with Crippen LogP contribution < -0.4 is 10.6 Å². The average Bonchev–Trinajstić information content (AvgIpc) is 3.11. The van der Waals surface area contributed by atoms with Gasteiger partial charge in [-0.25, -0.2) is 0 Å². The van der Waals surface area contributed by atoms with Crippen molar-refractivity contribution in [2.24, 2.45) is 0 Å². The van der Waals surface area contributed by atoms with Crippen molar-refractivity contribution in [3.8, 4) is 0 Å². The fourth-order valence-electron chi connectivity index (χ4n) is 2.63. The minimum Gasteiger partial charge on any atom is -0.347 e. The topological polar surface area (TPSA) is 58.2 Å². The number of anilines is 1. The van der Waals surface area contributed by atoms with Gasteiger partial charge in [-0.2, -0.15) is 0 Å². The average molecular weight is 367 g/mol. The van der Waals surface area contributed by atoms with Crippen molar-refractivity contribution >= 4 is 39.1 Å². The van der Waals surface area contributed by atoms with Crippen LogP contribution in [0.25, 0.3) is 0 Å². The van der Waals surface area contributed by atoms with Gasteiger partial charge in [0.05, 0.1) is 6.54 Å². The van der Waals surface area contributed by atoms with Gasteiger partial charge in [0.1, 0.15) is 0 Å². The lowest BCUT2D eigenvalue weighted by molar-refractivity contribution is -0.124. The van der Waals surface area contributed by atoms with Crippen LogP contribution in [0, 0.1) is 0 Å². The van der Waals surface area contributed by atoms with E-state index >= 15 is 0 Å². The quantitative estimate of drug-likeness (QED) is 0.512. The molecule has 2 N–H and O–H groups in total. The van der Waals surface area contributed by atoms with Gasteiger partial charge in [-0.05, 0) is 37.3 Å². The molecular formula is C18H26N2O2S2. The Morgan fingerprint density at radius 2 is 2.04 bits per heavy atom. The Labute approximate surface area is 152 Å². The molecule has 1 atom stereocenters. The first-order chi connectivity index (χ1) is 11.7. The second kappa shape index (κ2) is 10.7. The summed E-state index contributed by atoms with van der Waals surface area (Å²) in [6.45, 7) is 2.08. The van der Waals surface area contributed by atoms with Crippen molar-refractivity contribution in [3.63, 3.8) is 0 Å². The first-order valence-corrected chi connectivity index (χ1v) is 11.0. The smallest absolute Gasteiger partial charge is 0.243 e. The second-order valence-corrected chi connectivity index (χ2v) is 8.70. The molecule has 4 nitrogen and oxygen atoms in total. The first-order valence-electron chi connectivity index (χ1n) is 8.61. The molecule has 1 aliphatic rings. The first kappa shape index (κ1) is 19.2. The monoisotopic (exact) mass is 366 g/mol. The fraction of sp³-hybridized carbons (Fsp3) is 0.556. The lowest BCUT2D eigenvalue weighted by Gasteiger charge is -2.10. The third-order valence-corrected chi connectivity index (χ3v) is 7.03. The summed E-state index contributed by atoms with van der Waals surface area (Å²) in [5.74, 6) is 1.04. The van der Waals surface area contributed by atoms with E-state index in [1.54, 1.807) is 0 Å². The molecule has 1 unspecified atom stereocenters. The largest absolute Gasteiger partial charge is 0.347 e. The lowest BCUT2D eigenvalue weighted by Crippen LogP contribution is -2.32. The number of unbranched alkanes of at least 4 members (excludes halogenated alkanes) is 1. The number of hydrogen-bond acceptors (Lipinski definition) is 4. The number of hydrogen-bond donors (Lipinski definition) is 2. The van der Waals surface area contributed by atoms with Gasteiger partial charge in [-0.15, -0.1) is 0 Å². The van der Waals surface area contributed by atoms with Crippen molar-refractivity contribution in [1.29, 1.82) is 0 Å². The molecule has 6 heteroatoms. The minimum atomic E-state index is -0.177. The molecule has 0 radical (unpaired) electrons. The van der Waals surface area contributed by atoms with E-state index in [0.29, 0.717) is 6.42 Å². The highest BCUT2D eigenvalue weighted by Crippen LogP contribution is 2.39. The number of benzene rings is 1. The maximum Gasteiger partial charge on any atom is 0.243 e. The molecule has 0 aliphatic carbocycles. The van der Waals surface area contributed by atoms with Crippen LogP contribution in [0.4, 0.5) is 5.69 Å². The highest BCUT2D eigenvalue weighted by molar-refractivity contribution is 8.77. The van der Waals surface area contributed by atoms with E-state index in [1.807, 2.05) is 45.9 Å². The molecule has 1 saturated heterocycles. The van der Waals surface area contributed by atoms with Crippen molar-refractivity contribution < 1.29 is 9.59 Å². The molecule has 24 heavy (non-hydrogen) atoms. The number of aryl methyl sites for hydroxylation is 1. The third-order valence-electron chi connectivity index (χ3n) is 4.03. The Morgan fingerprint density at radius 1 is 1.21 bits per heavy atom. The molecule has 1 aromatic carbocycles. The Hall–Kier alpha value is -1.14. The summed E-state index contributed by atoms with van der Waals surface area (Å²) in [4.78, 5) is 23.8. The molecule has 1 aromatic rings. The van der Waals surface area contributed by atoms with Crippen molar-refractivity contribution in [1.82, 2.24) is 5.32 Å². The van der Waals surface area contributed by atoms with E-state index in [2.05, 4.69) is 17.6 Å². The zero-order valence-corrected chi connectivity index (χ0v) is 15.8. The van der Waals surface area contributed by atoms with E-state index in [0.717, 1.165) is 35.8 Å². The minimum absolute atomic E-state index is 0.0337. The summed E-state index contributed by atoms with van der Waals surface area (Å²) < 4.78 is 0. The molecule has 0 aromatic heterocycles. The van der Waals surface area contributed by atoms with Crippen LogP contribution in [-0.4, -0.2) is 29.4 Å². The number of rotatable bonds is 9. The third kappa shape index (κ3) is 6.77. The molecule has 0 saturated carbocycles. The van der Waals surface area contributed by atoms with Gasteiger partial charge in [0.25, 0.3) is 0 Å². The maximum atomic E-state index is 12.0. The molecule has 1 fully saturated rings. The zero-order valence-electron chi connectivity index (χ0n) is 14.2. The summed E-state index contributed by atoms with van der Waals surface area (Å²) in [6, 6.07) is 7.74. The number of carbonyl (C=O) groups is 2. The summed E-state index contributed by atoms with van der Waals surface area (Å²) >= 11 is 0.